The molecule has 0 radical (unpaired) electrons. The van der Waals surface area contributed by atoms with Crippen molar-refractivity contribution in [1.82, 2.24) is 0 Å². The molecule has 7 aliphatic rings. The van der Waals surface area contributed by atoms with Crippen molar-refractivity contribution >= 4 is 6.16 Å². The van der Waals surface area contributed by atoms with Gasteiger partial charge in [-0.05, 0) is 37.2 Å². The lowest BCUT2D eigenvalue weighted by Crippen LogP contribution is -2.72. The van der Waals surface area contributed by atoms with Gasteiger partial charge in [0, 0.05) is 17.4 Å². The smallest absolute Gasteiger partial charge is 0.426 e. The Hall–Kier alpha value is -2.01. The van der Waals surface area contributed by atoms with Crippen LogP contribution in [0.5, 0.6) is 0 Å². The fourth-order valence-corrected chi connectivity index (χ4v) is 9.37. The highest BCUT2D eigenvalue weighted by Crippen LogP contribution is 2.75. The zero-order chi connectivity index (χ0) is 25.8. The van der Waals surface area contributed by atoms with Crippen molar-refractivity contribution in [3.63, 3.8) is 0 Å². The van der Waals surface area contributed by atoms with Crippen LogP contribution >= 0.6 is 0 Å². The van der Waals surface area contributed by atoms with E-state index in [0.717, 1.165) is 11.1 Å². The summed E-state index contributed by atoms with van der Waals surface area (Å²) in [5.74, 6) is -2.59. The van der Waals surface area contributed by atoms with E-state index in [1.807, 2.05) is 44.2 Å². The zero-order valence-electron chi connectivity index (χ0n) is 21.1. The molecule has 1 aromatic rings. The largest absolute Gasteiger partial charge is 0.509 e. The molecule has 1 aromatic carbocycles. The molecule has 3 aliphatic carbocycles. The molecule has 37 heavy (non-hydrogen) atoms. The molecule has 9 nitrogen and oxygen atoms in total. The van der Waals surface area contributed by atoms with Crippen LogP contribution in [-0.2, 0) is 34.4 Å². The second-order valence-corrected chi connectivity index (χ2v) is 12.4. The van der Waals surface area contributed by atoms with Gasteiger partial charge in [0.15, 0.2) is 11.7 Å². The van der Waals surface area contributed by atoms with Crippen molar-refractivity contribution < 1.29 is 43.4 Å². The van der Waals surface area contributed by atoms with E-state index in [-0.39, 0.29) is 11.8 Å². The van der Waals surface area contributed by atoms with E-state index in [4.69, 9.17) is 28.4 Å². The number of carbonyl (C=O) groups excluding carboxylic acids is 1. The van der Waals surface area contributed by atoms with Crippen LogP contribution in [0.15, 0.2) is 42.5 Å². The lowest BCUT2D eigenvalue weighted by molar-refractivity contribution is -0.442. The average molecular weight is 513 g/mol. The van der Waals surface area contributed by atoms with Gasteiger partial charge in [0.2, 0.25) is 0 Å². The van der Waals surface area contributed by atoms with Gasteiger partial charge < -0.3 is 38.6 Å². The van der Waals surface area contributed by atoms with Crippen LogP contribution in [0.3, 0.4) is 0 Å². The summed E-state index contributed by atoms with van der Waals surface area (Å²) in [7, 11) is 0. The number of hydrogen-bond acceptors (Lipinski definition) is 9. The summed E-state index contributed by atoms with van der Waals surface area (Å²) in [4.78, 5) is 12.7. The Bertz CT molecular complexity index is 1220. The topological polar surface area (TPSA) is 116 Å². The molecule has 3 saturated carbocycles. The molecule has 4 aliphatic heterocycles. The lowest BCUT2D eigenvalue weighted by Gasteiger charge is -2.60. The number of rotatable bonds is 3. The molecule has 9 heteroatoms. The minimum Gasteiger partial charge on any atom is -0.426 e. The predicted octanol–water partition coefficient (Wildman–Crippen LogP) is 2.39. The van der Waals surface area contributed by atoms with Gasteiger partial charge in [-0.25, -0.2) is 4.79 Å². The second kappa shape index (κ2) is 6.58. The highest BCUT2D eigenvalue weighted by atomic mass is 16.9. The number of aliphatic hydroxyl groups excluding tert-OH is 2. The van der Waals surface area contributed by atoms with E-state index in [1.165, 1.54) is 0 Å². The van der Waals surface area contributed by atoms with Gasteiger partial charge in [0.25, 0.3) is 0 Å². The molecule has 3 bridgehead atoms. The summed E-state index contributed by atoms with van der Waals surface area (Å²) in [6.07, 6.45) is -2.74. The van der Waals surface area contributed by atoms with E-state index in [0.29, 0.717) is 12.8 Å². The zero-order valence-corrected chi connectivity index (χ0v) is 21.1. The van der Waals surface area contributed by atoms with Gasteiger partial charge in [-0.2, -0.15) is 0 Å². The van der Waals surface area contributed by atoms with Gasteiger partial charge >= 0.3 is 12.1 Å². The van der Waals surface area contributed by atoms with E-state index in [9.17, 15) is 15.0 Å². The summed E-state index contributed by atoms with van der Waals surface area (Å²) in [6.45, 7) is 9.96. The van der Waals surface area contributed by atoms with Gasteiger partial charge in [0.1, 0.15) is 29.5 Å². The van der Waals surface area contributed by atoms with Gasteiger partial charge in [-0.1, -0.05) is 50.8 Å². The maximum absolute atomic E-state index is 12.7. The summed E-state index contributed by atoms with van der Waals surface area (Å²) in [6, 6.07) is 9.58. The van der Waals surface area contributed by atoms with Gasteiger partial charge in [-0.15, -0.1) is 0 Å². The average Bonchev–Trinajstić information content (AvgIpc) is 3.33. The number of benzene rings is 1. The molecule has 5 unspecified atom stereocenters. The highest BCUT2D eigenvalue weighted by molar-refractivity contribution is 5.65. The number of hydrogen-bond donors (Lipinski definition) is 2. The number of epoxide rings is 1. The normalized spacial score (nSPS) is 57.9. The minimum absolute atomic E-state index is 0.107. The van der Waals surface area contributed by atoms with Crippen molar-refractivity contribution in [3.8, 4) is 0 Å². The monoisotopic (exact) mass is 512 g/mol. The molecule has 0 aromatic heterocycles. The summed E-state index contributed by atoms with van der Waals surface area (Å²) >= 11 is 0. The second-order valence-electron chi connectivity index (χ2n) is 12.4. The summed E-state index contributed by atoms with van der Waals surface area (Å²) in [5.41, 5.74) is -3.05. The maximum atomic E-state index is 12.7. The Morgan fingerprint density at radius 2 is 1.84 bits per heavy atom. The Morgan fingerprint density at radius 3 is 2.54 bits per heavy atom. The van der Waals surface area contributed by atoms with Crippen LogP contribution in [-0.4, -0.2) is 69.8 Å². The SMILES string of the molecule is C=C(C)[C@]12C[C@@H](C)[C@@]34OC(c5ccccc5)(O[C@@H]1C3[C@@H]1O[C@]1(CO)C(O)C13OC(=O)O[C@H]1C(C)C[C@H]34)O2. The predicted molar refractivity (Wildman–Crippen MR) is 125 cm³/mol. The molecule has 1 spiro atoms. The number of ether oxygens (including phenoxy) is 6. The summed E-state index contributed by atoms with van der Waals surface area (Å²) < 4.78 is 38.9. The lowest BCUT2D eigenvalue weighted by atomic mass is 9.54. The first-order valence-corrected chi connectivity index (χ1v) is 13.3. The first kappa shape index (κ1) is 22.9. The Labute approximate surface area is 214 Å². The van der Waals surface area contributed by atoms with Gasteiger partial charge in [0.05, 0.1) is 12.2 Å². The quantitative estimate of drug-likeness (QED) is 0.358. The molecule has 4 saturated heterocycles. The number of carbonyl (C=O) groups is 1. The van der Waals surface area contributed by atoms with Crippen LogP contribution < -0.4 is 0 Å². The van der Waals surface area contributed by atoms with Crippen LogP contribution in [0.25, 0.3) is 0 Å². The molecule has 4 heterocycles. The minimum atomic E-state index is -1.51. The number of fused-ring (bicyclic) bond motifs is 2. The molecular formula is C28H32O9. The first-order chi connectivity index (χ1) is 17.6. The van der Waals surface area contributed by atoms with Crippen molar-refractivity contribution in [2.45, 2.75) is 86.4 Å². The van der Waals surface area contributed by atoms with Crippen molar-refractivity contribution in [3.05, 3.63) is 48.0 Å². The fourth-order valence-electron chi connectivity index (χ4n) is 9.37. The first-order valence-electron chi connectivity index (χ1n) is 13.3. The molecule has 198 valence electrons. The van der Waals surface area contributed by atoms with E-state index in [2.05, 4.69) is 13.5 Å². The van der Waals surface area contributed by atoms with Gasteiger partial charge in [-0.3, -0.25) is 0 Å². The van der Waals surface area contributed by atoms with E-state index < -0.39 is 77.4 Å². The van der Waals surface area contributed by atoms with Crippen LogP contribution in [0.1, 0.15) is 39.2 Å². The molecule has 2 N–H and O–H groups in total. The molecular weight excluding hydrogens is 480 g/mol. The van der Waals surface area contributed by atoms with E-state index >= 15 is 0 Å². The van der Waals surface area contributed by atoms with Crippen molar-refractivity contribution in [1.29, 1.82) is 0 Å². The van der Waals surface area contributed by atoms with Crippen molar-refractivity contribution in [2.24, 2.45) is 23.7 Å². The standard InChI is InChI=1S/C28H32O9/c1-13(2)24-11-15(4)26-17-10-14(3)19-27(17,35-23(31)32-19)22(30)25(12-29)21(33-25)18(26)20(24)34-28(36-24,37-26)16-8-6-5-7-9-16/h5-9,14-15,17-22,29-30H,1,10-12H2,2-4H3/t14?,15-,17+,18?,19+,20-,21+,22?,24-,25+,26+,27?,28?/m1/s1. The molecule has 7 fully saturated rings. The van der Waals surface area contributed by atoms with Crippen LogP contribution in [0, 0.1) is 23.7 Å². The van der Waals surface area contributed by atoms with Crippen LogP contribution in [0.2, 0.25) is 0 Å². The Morgan fingerprint density at radius 1 is 1.08 bits per heavy atom. The third-order valence-electron chi connectivity index (χ3n) is 10.8. The summed E-state index contributed by atoms with van der Waals surface area (Å²) in [5, 5.41) is 22.7. The van der Waals surface area contributed by atoms with Crippen LogP contribution in [0.4, 0.5) is 4.79 Å². The molecule has 13 atom stereocenters. The third kappa shape index (κ3) is 2.23. The highest BCUT2D eigenvalue weighted by Gasteiger charge is 2.91. The number of aliphatic hydroxyl groups is 2. The Balaban J connectivity index is 1.42. The van der Waals surface area contributed by atoms with Crippen molar-refractivity contribution in [2.75, 3.05) is 6.61 Å². The maximum Gasteiger partial charge on any atom is 0.509 e. The fraction of sp³-hybridized carbons (Fsp3) is 0.679. The Kier molecular flexibility index (Phi) is 4.08. The third-order valence-corrected chi connectivity index (χ3v) is 10.8. The molecule has 0 amide bonds. The molecule has 8 rings (SSSR count). The van der Waals surface area contributed by atoms with E-state index in [1.54, 1.807) is 0 Å².